The van der Waals surface area contributed by atoms with Crippen molar-refractivity contribution in [2.45, 2.75) is 50.7 Å². The van der Waals surface area contributed by atoms with Gasteiger partial charge in [0.15, 0.2) is 0 Å². The summed E-state index contributed by atoms with van der Waals surface area (Å²) < 4.78 is 0. The molecule has 0 aromatic heterocycles. The fraction of sp³-hybridized carbons (Fsp3) is 0.917. The van der Waals surface area contributed by atoms with Crippen molar-refractivity contribution in [1.29, 1.82) is 0 Å². The summed E-state index contributed by atoms with van der Waals surface area (Å²) in [6.45, 7) is 2.98. The normalized spacial score (nSPS) is 31.0. The van der Waals surface area contributed by atoms with Gasteiger partial charge in [-0.25, -0.2) is 0 Å². The molecule has 0 aliphatic heterocycles. The van der Waals surface area contributed by atoms with Crippen molar-refractivity contribution in [1.82, 2.24) is 10.2 Å². The number of carbonyl (C=O) groups is 1. The fourth-order valence-electron chi connectivity index (χ4n) is 2.25. The molecule has 0 heterocycles. The molecule has 3 N–H and O–H groups in total. The van der Waals surface area contributed by atoms with Crippen molar-refractivity contribution in [3.63, 3.8) is 0 Å². The molecule has 2 rings (SSSR count). The fourth-order valence-corrected chi connectivity index (χ4v) is 2.25. The third-order valence-electron chi connectivity index (χ3n) is 3.78. The molecule has 2 aliphatic carbocycles. The average molecular weight is 225 g/mol. The van der Waals surface area contributed by atoms with Gasteiger partial charge in [-0.05, 0) is 45.6 Å². The topological polar surface area (TPSA) is 58.4 Å². The smallest absolute Gasteiger partial charge is 0.237 e. The van der Waals surface area contributed by atoms with E-state index in [1.165, 1.54) is 0 Å². The lowest BCUT2D eigenvalue weighted by Crippen LogP contribution is -2.48. The van der Waals surface area contributed by atoms with Gasteiger partial charge >= 0.3 is 0 Å². The Morgan fingerprint density at radius 1 is 1.50 bits per heavy atom. The molecule has 4 nitrogen and oxygen atoms in total. The number of carbonyl (C=O) groups excluding carboxylic acids is 1. The number of rotatable bonds is 5. The van der Waals surface area contributed by atoms with Gasteiger partial charge in [0.25, 0.3) is 0 Å². The molecule has 2 saturated carbocycles. The van der Waals surface area contributed by atoms with Crippen LogP contribution in [0, 0.1) is 5.92 Å². The van der Waals surface area contributed by atoms with Crippen LogP contribution in [0.3, 0.4) is 0 Å². The standard InChI is InChI=1S/C12H23N3O/c1-8(12(16)14-11-3-4-11)15(2)7-9-5-10(13)6-9/h8-11H,3-7,13H2,1-2H3,(H,14,16). The number of likely N-dealkylation sites (N-methyl/N-ethyl adjacent to an activating group) is 1. The molecule has 0 bridgehead atoms. The van der Waals surface area contributed by atoms with E-state index < -0.39 is 0 Å². The van der Waals surface area contributed by atoms with Crippen LogP contribution in [-0.2, 0) is 4.79 Å². The molecular formula is C12H23N3O. The van der Waals surface area contributed by atoms with Gasteiger partial charge in [0.2, 0.25) is 5.91 Å². The summed E-state index contributed by atoms with van der Waals surface area (Å²) in [5, 5.41) is 3.05. The van der Waals surface area contributed by atoms with Crippen LogP contribution < -0.4 is 11.1 Å². The second kappa shape index (κ2) is 4.72. The van der Waals surface area contributed by atoms with Crippen molar-refractivity contribution in [2.75, 3.05) is 13.6 Å². The second-order valence-corrected chi connectivity index (χ2v) is 5.50. The Hall–Kier alpha value is -0.610. The molecule has 0 radical (unpaired) electrons. The highest BCUT2D eigenvalue weighted by Crippen LogP contribution is 2.26. The number of nitrogens with two attached hydrogens (primary N) is 1. The molecule has 2 fully saturated rings. The van der Waals surface area contributed by atoms with Gasteiger partial charge in [0, 0.05) is 18.6 Å². The minimum Gasteiger partial charge on any atom is -0.352 e. The summed E-state index contributed by atoms with van der Waals surface area (Å²) in [7, 11) is 2.03. The lowest BCUT2D eigenvalue weighted by molar-refractivity contribution is -0.125. The maximum atomic E-state index is 11.8. The highest BCUT2D eigenvalue weighted by Gasteiger charge is 2.31. The number of nitrogens with zero attached hydrogens (tertiary/aromatic N) is 1. The van der Waals surface area contributed by atoms with Crippen LogP contribution in [0.25, 0.3) is 0 Å². The predicted octanol–water partition coefficient (Wildman–Crippen LogP) is 0.323. The second-order valence-electron chi connectivity index (χ2n) is 5.50. The first kappa shape index (κ1) is 11.9. The van der Waals surface area contributed by atoms with Crippen LogP contribution >= 0.6 is 0 Å². The van der Waals surface area contributed by atoms with E-state index in [1.807, 2.05) is 14.0 Å². The zero-order valence-electron chi connectivity index (χ0n) is 10.3. The van der Waals surface area contributed by atoms with E-state index in [9.17, 15) is 4.79 Å². The van der Waals surface area contributed by atoms with Crippen molar-refractivity contribution in [3.05, 3.63) is 0 Å². The molecular weight excluding hydrogens is 202 g/mol. The zero-order chi connectivity index (χ0) is 11.7. The number of nitrogens with one attached hydrogen (secondary N) is 1. The first-order chi connectivity index (χ1) is 7.56. The number of amides is 1. The van der Waals surface area contributed by atoms with E-state index in [1.54, 1.807) is 0 Å². The molecule has 0 aromatic carbocycles. The lowest BCUT2D eigenvalue weighted by Gasteiger charge is -2.36. The Labute approximate surface area is 97.6 Å². The largest absolute Gasteiger partial charge is 0.352 e. The van der Waals surface area contributed by atoms with Gasteiger partial charge in [-0.15, -0.1) is 0 Å². The molecule has 1 amide bonds. The summed E-state index contributed by atoms with van der Waals surface area (Å²) in [5.74, 6) is 0.866. The Morgan fingerprint density at radius 3 is 2.62 bits per heavy atom. The molecule has 0 spiro atoms. The van der Waals surface area contributed by atoms with Crippen LogP contribution in [-0.4, -0.2) is 42.5 Å². The van der Waals surface area contributed by atoms with Gasteiger partial charge in [-0.3, -0.25) is 9.69 Å². The molecule has 16 heavy (non-hydrogen) atoms. The molecule has 4 heteroatoms. The maximum absolute atomic E-state index is 11.8. The monoisotopic (exact) mass is 225 g/mol. The van der Waals surface area contributed by atoms with Crippen molar-refractivity contribution in [2.24, 2.45) is 11.7 Å². The first-order valence-electron chi connectivity index (χ1n) is 6.32. The van der Waals surface area contributed by atoms with Crippen LogP contribution in [0.2, 0.25) is 0 Å². The van der Waals surface area contributed by atoms with Crippen molar-refractivity contribution < 1.29 is 4.79 Å². The summed E-state index contributed by atoms with van der Waals surface area (Å²) in [4.78, 5) is 14.0. The molecule has 1 unspecified atom stereocenters. The Kier molecular flexibility index (Phi) is 3.50. The lowest BCUT2D eigenvalue weighted by atomic mass is 9.80. The van der Waals surface area contributed by atoms with Gasteiger partial charge in [-0.2, -0.15) is 0 Å². The third kappa shape index (κ3) is 2.95. The van der Waals surface area contributed by atoms with Gasteiger partial charge in [0.1, 0.15) is 0 Å². The van der Waals surface area contributed by atoms with Crippen molar-refractivity contribution >= 4 is 5.91 Å². The summed E-state index contributed by atoms with van der Waals surface area (Å²) in [6.07, 6.45) is 4.53. The SMILES string of the molecule is CC(C(=O)NC1CC1)N(C)CC1CC(N)C1. The maximum Gasteiger partial charge on any atom is 0.237 e. The summed E-state index contributed by atoms with van der Waals surface area (Å²) in [5.41, 5.74) is 5.76. The Morgan fingerprint density at radius 2 is 2.12 bits per heavy atom. The summed E-state index contributed by atoms with van der Waals surface area (Å²) >= 11 is 0. The predicted molar refractivity (Wildman–Crippen MR) is 64.0 cm³/mol. The molecule has 0 saturated heterocycles. The van der Waals surface area contributed by atoms with Crippen LogP contribution in [0.15, 0.2) is 0 Å². The van der Waals surface area contributed by atoms with E-state index in [0.29, 0.717) is 18.0 Å². The minimum atomic E-state index is -0.0163. The summed E-state index contributed by atoms with van der Waals surface area (Å²) in [6, 6.07) is 0.840. The zero-order valence-corrected chi connectivity index (χ0v) is 10.3. The van der Waals surface area contributed by atoms with Gasteiger partial charge in [0.05, 0.1) is 6.04 Å². The first-order valence-corrected chi connectivity index (χ1v) is 6.32. The Balaban J connectivity index is 1.70. The van der Waals surface area contributed by atoms with Gasteiger partial charge in [-0.1, -0.05) is 0 Å². The molecule has 0 aromatic rings. The van der Waals surface area contributed by atoms with Crippen LogP contribution in [0.4, 0.5) is 0 Å². The van der Waals surface area contributed by atoms with Crippen molar-refractivity contribution in [3.8, 4) is 0 Å². The van der Waals surface area contributed by atoms with E-state index in [2.05, 4.69) is 10.2 Å². The quantitative estimate of drug-likeness (QED) is 0.708. The van der Waals surface area contributed by atoms with E-state index in [0.717, 1.165) is 32.2 Å². The van der Waals surface area contributed by atoms with E-state index >= 15 is 0 Å². The number of hydrogen-bond donors (Lipinski definition) is 2. The molecule has 92 valence electrons. The van der Waals surface area contributed by atoms with E-state index in [-0.39, 0.29) is 11.9 Å². The minimum absolute atomic E-state index is 0.0163. The molecule has 1 atom stereocenters. The highest BCUT2D eigenvalue weighted by molar-refractivity contribution is 5.81. The average Bonchev–Trinajstić information content (AvgIpc) is 2.97. The number of hydrogen-bond acceptors (Lipinski definition) is 3. The van der Waals surface area contributed by atoms with Crippen LogP contribution in [0.5, 0.6) is 0 Å². The van der Waals surface area contributed by atoms with Crippen LogP contribution in [0.1, 0.15) is 32.6 Å². The van der Waals surface area contributed by atoms with E-state index in [4.69, 9.17) is 5.73 Å². The van der Waals surface area contributed by atoms with Gasteiger partial charge < -0.3 is 11.1 Å². The third-order valence-corrected chi connectivity index (χ3v) is 3.78. The Bertz CT molecular complexity index is 259. The highest BCUT2D eigenvalue weighted by atomic mass is 16.2. The molecule has 2 aliphatic rings.